The van der Waals surface area contributed by atoms with E-state index in [0.29, 0.717) is 6.54 Å². The fourth-order valence-electron chi connectivity index (χ4n) is 2.00. The van der Waals surface area contributed by atoms with Gasteiger partial charge in [-0.25, -0.2) is 4.98 Å². The zero-order chi connectivity index (χ0) is 13.0. The van der Waals surface area contributed by atoms with Crippen LogP contribution in [-0.4, -0.2) is 30.0 Å². The normalized spacial score (nSPS) is 16.7. The number of hydrogen-bond donors (Lipinski definition) is 2. The van der Waals surface area contributed by atoms with Crippen LogP contribution in [0, 0.1) is 0 Å². The molecule has 3 N–H and O–H groups in total. The van der Waals surface area contributed by atoms with Gasteiger partial charge in [0.2, 0.25) is 5.91 Å². The monoisotopic (exact) mass is 248 g/mol. The van der Waals surface area contributed by atoms with Crippen molar-refractivity contribution in [3.05, 3.63) is 23.9 Å². The van der Waals surface area contributed by atoms with E-state index >= 15 is 0 Å². The van der Waals surface area contributed by atoms with Gasteiger partial charge in [0.15, 0.2) is 0 Å². The SMILES string of the molecule is C[C@@H](N)C(=O)NCc1ccc(N2CCCC2)nc1. The highest BCUT2D eigenvalue weighted by Crippen LogP contribution is 2.17. The molecule has 98 valence electrons. The molecule has 1 saturated heterocycles. The Labute approximate surface area is 107 Å². The highest BCUT2D eigenvalue weighted by molar-refractivity contribution is 5.80. The van der Waals surface area contributed by atoms with Crippen molar-refractivity contribution in [1.82, 2.24) is 10.3 Å². The lowest BCUT2D eigenvalue weighted by Gasteiger charge is -2.16. The van der Waals surface area contributed by atoms with E-state index in [4.69, 9.17) is 5.73 Å². The van der Waals surface area contributed by atoms with E-state index in [1.807, 2.05) is 18.3 Å². The Bertz CT molecular complexity index is 396. The third kappa shape index (κ3) is 3.20. The van der Waals surface area contributed by atoms with Crippen LogP contribution in [0.2, 0.25) is 0 Å². The third-order valence-corrected chi connectivity index (χ3v) is 3.12. The van der Waals surface area contributed by atoms with Gasteiger partial charge in [0.25, 0.3) is 0 Å². The molecule has 0 spiro atoms. The molecule has 0 unspecified atom stereocenters. The van der Waals surface area contributed by atoms with Crippen LogP contribution in [0.5, 0.6) is 0 Å². The lowest BCUT2D eigenvalue weighted by molar-refractivity contribution is -0.122. The van der Waals surface area contributed by atoms with Crippen molar-refractivity contribution in [2.24, 2.45) is 5.73 Å². The molecule has 1 atom stereocenters. The molecule has 18 heavy (non-hydrogen) atoms. The van der Waals surface area contributed by atoms with Gasteiger partial charge in [-0.2, -0.15) is 0 Å². The summed E-state index contributed by atoms with van der Waals surface area (Å²) in [6.07, 6.45) is 4.30. The zero-order valence-electron chi connectivity index (χ0n) is 10.7. The van der Waals surface area contributed by atoms with Crippen LogP contribution in [0.3, 0.4) is 0 Å². The molecule has 0 bridgehead atoms. The van der Waals surface area contributed by atoms with Crippen molar-refractivity contribution in [2.75, 3.05) is 18.0 Å². The smallest absolute Gasteiger partial charge is 0.236 e. The molecule has 0 aromatic carbocycles. The second-order valence-electron chi connectivity index (χ2n) is 4.73. The van der Waals surface area contributed by atoms with Gasteiger partial charge in [0.1, 0.15) is 5.82 Å². The fraction of sp³-hybridized carbons (Fsp3) is 0.538. The Morgan fingerprint density at radius 2 is 2.22 bits per heavy atom. The predicted octanol–water partition coefficient (Wildman–Crippen LogP) is 0.645. The Morgan fingerprint density at radius 1 is 1.50 bits per heavy atom. The Hall–Kier alpha value is -1.62. The minimum absolute atomic E-state index is 0.140. The third-order valence-electron chi connectivity index (χ3n) is 3.12. The number of carbonyl (C=O) groups excluding carboxylic acids is 1. The van der Waals surface area contributed by atoms with Gasteiger partial charge >= 0.3 is 0 Å². The van der Waals surface area contributed by atoms with Crippen LogP contribution < -0.4 is 16.0 Å². The number of nitrogens with two attached hydrogens (primary N) is 1. The second kappa shape index (κ2) is 5.82. The molecule has 0 radical (unpaired) electrons. The van der Waals surface area contributed by atoms with Gasteiger partial charge in [0.05, 0.1) is 6.04 Å². The molecule has 1 fully saturated rings. The van der Waals surface area contributed by atoms with Gasteiger partial charge in [-0.05, 0) is 31.4 Å². The van der Waals surface area contributed by atoms with E-state index in [0.717, 1.165) is 24.5 Å². The maximum absolute atomic E-state index is 11.3. The van der Waals surface area contributed by atoms with Crippen LogP contribution in [0.4, 0.5) is 5.82 Å². The number of nitrogens with zero attached hydrogens (tertiary/aromatic N) is 2. The van der Waals surface area contributed by atoms with E-state index in [-0.39, 0.29) is 5.91 Å². The Balaban J connectivity index is 1.89. The summed E-state index contributed by atoms with van der Waals surface area (Å²) in [6.45, 7) is 4.33. The van der Waals surface area contributed by atoms with Gasteiger partial charge < -0.3 is 16.0 Å². The Kier molecular flexibility index (Phi) is 4.15. The molecule has 1 aromatic heterocycles. The molecule has 1 aliphatic heterocycles. The number of amides is 1. The summed E-state index contributed by atoms with van der Waals surface area (Å²) in [7, 11) is 0. The first-order valence-electron chi connectivity index (χ1n) is 6.40. The highest BCUT2D eigenvalue weighted by atomic mass is 16.2. The summed E-state index contributed by atoms with van der Waals surface area (Å²) < 4.78 is 0. The first-order chi connectivity index (χ1) is 8.66. The minimum atomic E-state index is -0.471. The topological polar surface area (TPSA) is 71.2 Å². The molecule has 0 saturated carbocycles. The molecule has 5 nitrogen and oxygen atoms in total. The number of aromatic nitrogens is 1. The minimum Gasteiger partial charge on any atom is -0.357 e. The first-order valence-corrected chi connectivity index (χ1v) is 6.40. The number of hydrogen-bond acceptors (Lipinski definition) is 4. The van der Waals surface area contributed by atoms with Crippen molar-refractivity contribution in [1.29, 1.82) is 0 Å². The quantitative estimate of drug-likeness (QED) is 0.820. The predicted molar refractivity (Wildman–Crippen MR) is 71.2 cm³/mol. The summed E-state index contributed by atoms with van der Waals surface area (Å²) >= 11 is 0. The largest absolute Gasteiger partial charge is 0.357 e. The van der Waals surface area contributed by atoms with Crippen LogP contribution in [0.1, 0.15) is 25.3 Å². The van der Waals surface area contributed by atoms with Crippen molar-refractivity contribution < 1.29 is 4.79 Å². The molecule has 0 aliphatic carbocycles. The first kappa shape index (κ1) is 12.8. The number of rotatable bonds is 4. The molecule has 2 rings (SSSR count). The van der Waals surface area contributed by atoms with Gasteiger partial charge in [-0.3, -0.25) is 4.79 Å². The average molecular weight is 248 g/mol. The number of pyridine rings is 1. The van der Waals surface area contributed by atoms with E-state index in [9.17, 15) is 4.79 Å². The second-order valence-corrected chi connectivity index (χ2v) is 4.73. The summed E-state index contributed by atoms with van der Waals surface area (Å²) in [6, 6.07) is 3.54. The average Bonchev–Trinajstić information content (AvgIpc) is 2.90. The molecule has 5 heteroatoms. The van der Waals surface area contributed by atoms with E-state index < -0.39 is 6.04 Å². The maximum atomic E-state index is 11.3. The van der Waals surface area contributed by atoms with Gasteiger partial charge in [-0.15, -0.1) is 0 Å². The van der Waals surface area contributed by atoms with Crippen molar-refractivity contribution in [3.63, 3.8) is 0 Å². The Morgan fingerprint density at radius 3 is 2.78 bits per heavy atom. The van der Waals surface area contributed by atoms with E-state index in [1.54, 1.807) is 6.92 Å². The molecule has 1 amide bonds. The summed E-state index contributed by atoms with van der Waals surface area (Å²) in [4.78, 5) is 18.0. The summed E-state index contributed by atoms with van der Waals surface area (Å²) in [5, 5.41) is 2.77. The maximum Gasteiger partial charge on any atom is 0.236 e. The number of nitrogens with one attached hydrogen (secondary N) is 1. The van der Waals surface area contributed by atoms with Crippen LogP contribution in [0.25, 0.3) is 0 Å². The van der Waals surface area contributed by atoms with Crippen molar-refractivity contribution >= 4 is 11.7 Å². The summed E-state index contributed by atoms with van der Waals surface area (Å²) in [5.41, 5.74) is 6.47. The standard InChI is InChI=1S/C13H20N4O/c1-10(14)13(18)16-9-11-4-5-12(15-8-11)17-6-2-3-7-17/h4-5,8,10H,2-3,6-7,9,14H2,1H3,(H,16,18)/t10-/m1/s1. The van der Waals surface area contributed by atoms with Crippen LogP contribution in [-0.2, 0) is 11.3 Å². The molecule has 1 aromatic rings. The van der Waals surface area contributed by atoms with Crippen LogP contribution in [0.15, 0.2) is 18.3 Å². The molecular formula is C13H20N4O. The lowest BCUT2D eigenvalue weighted by atomic mass is 10.2. The zero-order valence-corrected chi connectivity index (χ0v) is 10.7. The molecular weight excluding hydrogens is 228 g/mol. The number of anilines is 1. The summed E-state index contributed by atoms with van der Waals surface area (Å²) in [5.74, 6) is 0.883. The van der Waals surface area contributed by atoms with E-state index in [1.165, 1.54) is 12.8 Å². The van der Waals surface area contributed by atoms with Gasteiger partial charge in [0, 0.05) is 25.8 Å². The molecule has 1 aliphatic rings. The van der Waals surface area contributed by atoms with Crippen molar-refractivity contribution in [2.45, 2.75) is 32.4 Å². The van der Waals surface area contributed by atoms with Crippen molar-refractivity contribution in [3.8, 4) is 0 Å². The van der Waals surface area contributed by atoms with Crippen LogP contribution >= 0.6 is 0 Å². The highest BCUT2D eigenvalue weighted by Gasteiger charge is 2.13. The lowest BCUT2D eigenvalue weighted by Crippen LogP contribution is -2.37. The molecule has 2 heterocycles. The number of carbonyl (C=O) groups is 1. The van der Waals surface area contributed by atoms with E-state index in [2.05, 4.69) is 15.2 Å². The fourth-order valence-corrected chi connectivity index (χ4v) is 2.00. The van der Waals surface area contributed by atoms with Gasteiger partial charge in [-0.1, -0.05) is 6.07 Å².